The maximum absolute atomic E-state index is 12.5. The summed E-state index contributed by atoms with van der Waals surface area (Å²) >= 11 is 0. The van der Waals surface area contributed by atoms with E-state index < -0.39 is 12.6 Å². The largest absolute Gasteiger partial charge is 0.490 e. The second-order valence-corrected chi connectivity index (χ2v) is 5.00. The second-order valence-electron chi connectivity index (χ2n) is 5.00. The molecule has 2 aromatic rings. The van der Waals surface area contributed by atoms with Gasteiger partial charge in [-0.25, -0.2) is 9.78 Å². The molecule has 0 amide bonds. The first kappa shape index (κ1) is 18.7. The Kier molecular flexibility index (Phi) is 6.73. The molecule has 1 aromatic carbocycles. The minimum Gasteiger partial charge on any atom is -0.490 e. The SMILES string of the molecule is CCCCOc1cc(-c2nc(C(=O)OCC)co2)ccc1OC(F)F. The van der Waals surface area contributed by atoms with E-state index in [0.717, 1.165) is 12.8 Å². The number of halogens is 2. The lowest BCUT2D eigenvalue weighted by Crippen LogP contribution is -2.06. The van der Waals surface area contributed by atoms with E-state index in [4.69, 9.17) is 13.9 Å². The maximum Gasteiger partial charge on any atom is 0.387 e. The lowest BCUT2D eigenvalue weighted by molar-refractivity contribution is -0.0515. The number of aromatic nitrogens is 1. The average molecular weight is 355 g/mol. The van der Waals surface area contributed by atoms with Crippen molar-refractivity contribution in [3.8, 4) is 23.0 Å². The van der Waals surface area contributed by atoms with Crippen LogP contribution in [0.5, 0.6) is 11.5 Å². The van der Waals surface area contributed by atoms with Gasteiger partial charge in [0.05, 0.1) is 13.2 Å². The molecule has 0 fully saturated rings. The van der Waals surface area contributed by atoms with Crippen molar-refractivity contribution >= 4 is 5.97 Å². The Balaban J connectivity index is 2.25. The average Bonchev–Trinajstić information content (AvgIpc) is 3.06. The van der Waals surface area contributed by atoms with Gasteiger partial charge in [-0.05, 0) is 31.5 Å². The normalized spacial score (nSPS) is 10.8. The van der Waals surface area contributed by atoms with Gasteiger partial charge in [0.2, 0.25) is 5.89 Å². The van der Waals surface area contributed by atoms with Crippen molar-refractivity contribution in [3.63, 3.8) is 0 Å². The van der Waals surface area contributed by atoms with Gasteiger partial charge in [-0.2, -0.15) is 8.78 Å². The molecule has 0 aliphatic carbocycles. The van der Waals surface area contributed by atoms with E-state index in [9.17, 15) is 13.6 Å². The summed E-state index contributed by atoms with van der Waals surface area (Å²) in [6, 6.07) is 4.32. The summed E-state index contributed by atoms with van der Waals surface area (Å²) in [6.07, 6.45) is 2.84. The summed E-state index contributed by atoms with van der Waals surface area (Å²) in [6.45, 7) is 1.28. The standard InChI is InChI=1S/C17H19F2NO5/c1-3-5-8-23-14-9-11(6-7-13(14)25-17(18)19)15-20-12(10-24-15)16(21)22-4-2/h6-7,9-10,17H,3-5,8H2,1-2H3. The van der Waals surface area contributed by atoms with Crippen molar-refractivity contribution < 1.29 is 32.2 Å². The minimum absolute atomic E-state index is 0.0261. The van der Waals surface area contributed by atoms with Gasteiger partial charge in [0.1, 0.15) is 6.26 Å². The molecule has 0 spiro atoms. The highest BCUT2D eigenvalue weighted by molar-refractivity contribution is 5.87. The topological polar surface area (TPSA) is 70.8 Å². The number of unbranched alkanes of at least 4 members (excludes halogenated alkanes) is 1. The third-order valence-electron chi connectivity index (χ3n) is 3.15. The summed E-state index contributed by atoms with van der Waals surface area (Å²) in [7, 11) is 0. The van der Waals surface area contributed by atoms with Gasteiger partial charge in [-0.3, -0.25) is 0 Å². The van der Waals surface area contributed by atoms with Gasteiger partial charge in [0, 0.05) is 5.56 Å². The van der Waals surface area contributed by atoms with Gasteiger partial charge in [-0.1, -0.05) is 13.3 Å². The van der Waals surface area contributed by atoms with Crippen molar-refractivity contribution in [1.82, 2.24) is 4.98 Å². The molecule has 8 heteroatoms. The summed E-state index contributed by atoms with van der Waals surface area (Å²) in [5.41, 5.74) is 0.488. The van der Waals surface area contributed by atoms with Crippen molar-refractivity contribution in [2.24, 2.45) is 0 Å². The summed E-state index contributed by atoms with van der Waals surface area (Å²) < 4.78 is 45.1. The predicted molar refractivity (Wildman–Crippen MR) is 84.9 cm³/mol. The van der Waals surface area contributed by atoms with Gasteiger partial charge in [-0.15, -0.1) is 0 Å². The molecule has 0 N–H and O–H groups in total. The number of alkyl halides is 2. The van der Waals surface area contributed by atoms with Crippen molar-refractivity contribution in [2.45, 2.75) is 33.3 Å². The number of rotatable bonds is 9. The van der Waals surface area contributed by atoms with Crippen LogP contribution in [0.2, 0.25) is 0 Å². The summed E-state index contributed by atoms with van der Waals surface area (Å²) in [4.78, 5) is 15.7. The zero-order chi connectivity index (χ0) is 18.2. The Morgan fingerprint density at radius 1 is 1.28 bits per heavy atom. The van der Waals surface area contributed by atoms with E-state index in [1.165, 1.54) is 24.5 Å². The Labute approximate surface area is 143 Å². The van der Waals surface area contributed by atoms with Crippen LogP contribution in [0.3, 0.4) is 0 Å². The van der Waals surface area contributed by atoms with E-state index in [0.29, 0.717) is 12.2 Å². The first-order chi connectivity index (χ1) is 12.0. The molecule has 1 heterocycles. The van der Waals surface area contributed by atoms with Crippen molar-refractivity contribution in [1.29, 1.82) is 0 Å². The minimum atomic E-state index is -2.96. The molecule has 0 bridgehead atoms. The Morgan fingerprint density at radius 3 is 2.76 bits per heavy atom. The number of ether oxygens (including phenoxy) is 3. The van der Waals surface area contributed by atoms with Crippen LogP contribution < -0.4 is 9.47 Å². The van der Waals surface area contributed by atoms with E-state index in [-0.39, 0.29) is 29.7 Å². The van der Waals surface area contributed by atoms with Crippen LogP contribution in [0.15, 0.2) is 28.9 Å². The van der Waals surface area contributed by atoms with Gasteiger partial charge in [0.15, 0.2) is 17.2 Å². The molecule has 0 aliphatic rings. The predicted octanol–water partition coefficient (Wildman–Crippen LogP) is 4.30. The summed E-state index contributed by atoms with van der Waals surface area (Å²) in [5.74, 6) is -0.379. The number of carbonyl (C=O) groups excluding carboxylic acids is 1. The van der Waals surface area contributed by atoms with Crippen LogP contribution in [0.25, 0.3) is 11.5 Å². The van der Waals surface area contributed by atoms with Gasteiger partial charge >= 0.3 is 12.6 Å². The molecule has 6 nitrogen and oxygen atoms in total. The molecule has 136 valence electrons. The zero-order valence-electron chi connectivity index (χ0n) is 14.0. The first-order valence-corrected chi connectivity index (χ1v) is 7.89. The summed E-state index contributed by atoms with van der Waals surface area (Å²) in [5, 5.41) is 0. The van der Waals surface area contributed by atoms with Crippen LogP contribution in [-0.2, 0) is 4.74 Å². The van der Waals surface area contributed by atoms with Crippen LogP contribution >= 0.6 is 0 Å². The lowest BCUT2D eigenvalue weighted by atomic mass is 10.2. The number of esters is 1. The Bertz CT molecular complexity index is 702. The number of benzene rings is 1. The van der Waals surface area contributed by atoms with Crippen molar-refractivity contribution in [2.75, 3.05) is 13.2 Å². The molecule has 0 atom stereocenters. The van der Waals surface area contributed by atoms with Crippen molar-refractivity contribution in [3.05, 3.63) is 30.2 Å². The quantitative estimate of drug-likeness (QED) is 0.493. The molecule has 25 heavy (non-hydrogen) atoms. The second kappa shape index (κ2) is 9.00. The Hall–Kier alpha value is -2.64. The molecular formula is C17H19F2NO5. The highest BCUT2D eigenvalue weighted by Crippen LogP contribution is 2.33. The molecular weight excluding hydrogens is 336 g/mol. The first-order valence-electron chi connectivity index (χ1n) is 7.89. The smallest absolute Gasteiger partial charge is 0.387 e. The fraction of sp³-hybridized carbons (Fsp3) is 0.412. The van der Waals surface area contributed by atoms with E-state index >= 15 is 0 Å². The molecule has 0 radical (unpaired) electrons. The number of hydrogen-bond donors (Lipinski definition) is 0. The molecule has 0 saturated carbocycles. The van der Waals surface area contributed by atoms with Crippen LogP contribution in [0.4, 0.5) is 8.78 Å². The van der Waals surface area contributed by atoms with Crippen LogP contribution in [0.1, 0.15) is 37.2 Å². The van der Waals surface area contributed by atoms with E-state index in [1.54, 1.807) is 6.92 Å². The number of hydrogen-bond acceptors (Lipinski definition) is 6. The van der Waals surface area contributed by atoms with E-state index in [1.807, 2.05) is 6.92 Å². The fourth-order valence-electron chi connectivity index (χ4n) is 1.98. The van der Waals surface area contributed by atoms with E-state index in [2.05, 4.69) is 9.72 Å². The monoisotopic (exact) mass is 355 g/mol. The molecule has 0 saturated heterocycles. The zero-order valence-corrected chi connectivity index (χ0v) is 14.0. The van der Waals surface area contributed by atoms with Crippen LogP contribution in [0, 0.1) is 0 Å². The Morgan fingerprint density at radius 2 is 2.08 bits per heavy atom. The highest BCUT2D eigenvalue weighted by Gasteiger charge is 2.17. The highest BCUT2D eigenvalue weighted by atomic mass is 19.3. The third-order valence-corrected chi connectivity index (χ3v) is 3.15. The third kappa shape index (κ3) is 5.17. The number of nitrogens with zero attached hydrogens (tertiary/aromatic N) is 1. The van der Waals surface area contributed by atoms with Crippen LogP contribution in [-0.4, -0.2) is 30.8 Å². The van der Waals surface area contributed by atoms with Gasteiger partial charge in [0.25, 0.3) is 0 Å². The van der Waals surface area contributed by atoms with Gasteiger partial charge < -0.3 is 18.6 Å². The fourth-order valence-corrected chi connectivity index (χ4v) is 1.98. The maximum atomic E-state index is 12.5. The molecule has 0 unspecified atom stereocenters. The lowest BCUT2D eigenvalue weighted by Gasteiger charge is -2.12. The molecule has 2 rings (SSSR count). The number of oxazole rings is 1. The molecule has 0 aliphatic heterocycles. The molecule has 1 aromatic heterocycles. The number of carbonyl (C=O) groups is 1.